The van der Waals surface area contributed by atoms with E-state index in [0.29, 0.717) is 5.56 Å². The predicted octanol–water partition coefficient (Wildman–Crippen LogP) is 11.0. The summed E-state index contributed by atoms with van der Waals surface area (Å²) in [7, 11) is -2.87. The molecule has 280 valence electrons. The van der Waals surface area contributed by atoms with Gasteiger partial charge in [0.25, 0.3) is 0 Å². The molecule has 0 atom stereocenters. The van der Waals surface area contributed by atoms with Crippen molar-refractivity contribution in [3.8, 4) is 17.4 Å². The van der Waals surface area contributed by atoms with Crippen LogP contribution in [0.15, 0.2) is 217 Å². The van der Waals surface area contributed by atoms with E-state index in [9.17, 15) is 5.26 Å². The van der Waals surface area contributed by atoms with Gasteiger partial charge >= 0.3 is 0 Å². The van der Waals surface area contributed by atoms with Crippen molar-refractivity contribution in [2.24, 2.45) is 0 Å². The van der Waals surface area contributed by atoms with E-state index in [1.165, 1.54) is 31.5 Å². The van der Waals surface area contributed by atoms with Crippen LogP contribution in [0.4, 0.5) is 0 Å². The van der Waals surface area contributed by atoms with Crippen LogP contribution in [0.25, 0.3) is 76.9 Å². The second-order valence-corrected chi connectivity index (χ2v) is 19.4. The fourth-order valence-electron chi connectivity index (χ4n) is 9.97. The molecular formula is C55H35N3OSi. The summed E-state index contributed by atoms with van der Waals surface area (Å²) in [5, 5.41) is 21.9. The third-order valence-corrected chi connectivity index (χ3v) is 17.3. The molecule has 0 aliphatic rings. The number of fused-ring (bicyclic) bond motifs is 10. The van der Waals surface area contributed by atoms with Crippen LogP contribution in [0.3, 0.4) is 0 Å². The molecule has 3 aromatic heterocycles. The molecule has 0 N–H and O–H groups in total. The number of para-hydroxylation sites is 3. The Morgan fingerprint density at radius 3 is 1.48 bits per heavy atom. The van der Waals surface area contributed by atoms with Crippen LogP contribution in [0.1, 0.15) is 5.56 Å². The van der Waals surface area contributed by atoms with E-state index in [1.54, 1.807) is 0 Å². The van der Waals surface area contributed by atoms with Crippen LogP contribution in [0, 0.1) is 11.3 Å². The topological polar surface area (TPSA) is 46.8 Å². The highest BCUT2D eigenvalue weighted by atomic mass is 28.3. The molecule has 3 heterocycles. The van der Waals surface area contributed by atoms with Crippen molar-refractivity contribution >= 4 is 94.4 Å². The number of hydrogen-bond donors (Lipinski definition) is 0. The Bertz CT molecular complexity index is 3610. The fourth-order valence-corrected chi connectivity index (χ4v) is 14.7. The Morgan fingerprint density at radius 2 is 0.850 bits per heavy atom. The van der Waals surface area contributed by atoms with E-state index in [2.05, 4.69) is 209 Å². The smallest absolute Gasteiger partial charge is 0.179 e. The van der Waals surface area contributed by atoms with Gasteiger partial charge in [0.05, 0.1) is 33.7 Å². The summed E-state index contributed by atoms with van der Waals surface area (Å²) >= 11 is 0. The minimum absolute atomic E-state index is 0.662. The van der Waals surface area contributed by atoms with Crippen molar-refractivity contribution in [2.45, 2.75) is 0 Å². The first-order valence-corrected chi connectivity index (χ1v) is 22.3. The highest BCUT2D eigenvalue weighted by Gasteiger charge is 2.41. The number of aromatic nitrogens is 2. The van der Waals surface area contributed by atoms with Gasteiger partial charge in [-0.25, -0.2) is 0 Å². The molecule has 0 saturated carbocycles. The lowest BCUT2D eigenvalue weighted by atomic mass is 10.1. The summed E-state index contributed by atoms with van der Waals surface area (Å²) in [6, 6.07) is 79.0. The van der Waals surface area contributed by atoms with Gasteiger partial charge in [-0.2, -0.15) is 5.26 Å². The number of furan rings is 1. The zero-order chi connectivity index (χ0) is 39.8. The molecule has 0 unspecified atom stereocenters. The van der Waals surface area contributed by atoms with Crippen LogP contribution in [0.2, 0.25) is 0 Å². The first-order chi connectivity index (χ1) is 29.7. The summed E-state index contributed by atoms with van der Waals surface area (Å²) < 4.78 is 11.1. The van der Waals surface area contributed by atoms with Crippen molar-refractivity contribution in [3.05, 3.63) is 218 Å². The van der Waals surface area contributed by atoms with E-state index in [0.717, 1.165) is 66.2 Å². The fraction of sp³-hybridized carbons (Fsp3) is 0. The zero-order valence-corrected chi connectivity index (χ0v) is 33.5. The van der Waals surface area contributed by atoms with Crippen molar-refractivity contribution in [1.82, 2.24) is 9.13 Å². The van der Waals surface area contributed by atoms with Crippen LogP contribution in [-0.2, 0) is 0 Å². The highest BCUT2D eigenvalue weighted by Crippen LogP contribution is 2.41. The molecular weight excluding hydrogens is 747 g/mol. The van der Waals surface area contributed by atoms with Gasteiger partial charge in [0.1, 0.15) is 11.2 Å². The van der Waals surface area contributed by atoms with Crippen LogP contribution < -0.4 is 20.7 Å². The zero-order valence-electron chi connectivity index (χ0n) is 32.5. The van der Waals surface area contributed by atoms with E-state index in [1.807, 2.05) is 18.2 Å². The van der Waals surface area contributed by atoms with Gasteiger partial charge < -0.3 is 13.6 Å². The molecule has 4 nitrogen and oxygen atoms in total. The van der Waals surface area contributed by atoms with Gasteiger partial charge in [-0.05, 0) is 93.5 Å². The molecule has 12 aromatic rings. The third-order valence-electron chi connectivity index (χ3n) is 12.5. The lowest BCUT2D eigenvalue weighted by Gasteiger charge is -2.34. The van der Waals surface area contributed by atoms with Crippen LogP contribution in [0.5, 0.6) is 0 Å². The summed E-state index contributed by atoms with van der Waals surface area (Å²) in [5.41, 5.74) is 9.19. The van der Waals surface area contributed by atoms with Crippen LogP contribution >= 0.6 is 0 Å². The maximum Gasteiger partial charge on any atom is 0.179 e. The first-order valence-electron chi connectivity index (χ1n) is 20.3. The molecule has 0 radical (unpaired) electrons. The summed E-state index contributed by atoms with van der Waals surface area (Å²) in [6.45, 7) is 0. The van der Waals surface area contributed by atoms with Gasteiger partial charge in [-0.15, -0.1) is 0 Å². The molecule has 0 aliphatic carbocycles. The lowest BCUT2D eigenvalue weighted by molar-refractivity contribution is 0.669. The molecule has 0 spiro atoms. The average molecular weight is 782 g/mol. The predicted molar refractivity (Wildman–Crippen MR) is 251 cm³/mol. The molecule has 0 fully saturated rings. The maximum absolute atomic E-state index is 9.73. The largest absolute Gasteiger partial charge is 0.456 e. The molecule has 0 amide bonds. The first kappa shape index (κ1) is 34.2. The Kier molecular flexibility index (Phi) is 7.58. The van der Waals surface area contributed by atoms with Gasteiger partial charge in [-0.1, -0.05) is 140 Å². The molecule has 0 saturated heterocycles. The number of nitriles is 1. The number of hydrogen-bond acceptors (Lipinski definition) is 2. The molecule has 0 aliphatic heterocycles. The van der Waals surface area contributed by atoms with Crippen LogP contribution in [-0.4, -0.2) is 17.2 Å². The SMILES string of the molecule is N#Cc1ccc2c(c1)c1ccccc1n2-c1ccc([Si](c2ccccc2)(c2ccccc2)c2ccc(-n3c4ccccc4c4c5c(ccc43)oc3ccccc35)cc2)cc1. The third kappa shape index (κ3) is 4.89. The maximum atomic E-state index is 9.73. The van der Waals surface area contributed by atoms with Crippen molar-refractivity contribution in [3.63, 3.8) is 0 Å². The molecule has 0 bridgehead atoms. The minimum atomic E-state index is -2.87. The Balaban J connectivity index is 1.06. The quantitative estimate of drug-likeness (QED) is 0.125. The standard InChI is InChI=1S/C55H35N3OSi/c56-36-37-23-32-50-47(35-37)44-17-7-10-20-48(44)57(50)38-24-28-42(29-25-38)60(40-13-3-1-4-14-40,41-15-5-2-6-16-41)43-30-26-39(27-31-43)58-49-21-11-8-18-45(49)54-51(58)33-34-53-55(54)46-19-9-12-22-52(46)59-53/h1-35H. The summed E-state index contributed by atoms with van der Waals surface area (Å²) in [5.74, 6) is 0. The second kappa shape index (κ2) is 13.3. The Hall–Kier alpha value is -7.91. The monoisotopic (exact) mass is 781 g/mol. The second-order valence-electron chi connectivity index (χ2n) is 15.6. The van der Waals surface area contributed by atoms with Gasteiger partial charge in [0.15, 0.2) is 8.07 Å². The average Bonchev–Trinajstić information content (AvgIpc) is 3.98. The minimum Gasteiger partial charge on any atom is -0.456 e. The number of benzene rings is 9. The Labute approximate surface area is 347 Å². The van der Waals surface area contributed by atoms with E-state index in [4.69, 9.17) is 4.42 Å². The number of rotatable bonds is 6. The molecule has 60 heavy (non-hydrogen) atoms. The van der Waals surface area contributed by atoms with Gasteiger partial charge in [0.2, 0.25) is 0 Å². The van der Waals surface area contributed by atoms with E-state index < -0.39 is 8.07 Å². The van der Waals surface area contributed by atoms with E-state index in [-0.39, 0.29) is 0 Å². The molecule has 9 aromatic carbocycles. The van der Waals surface area contributed by atoms with Crippen molar-refractivity contribution < 1.29 is 4.42 Å². The van der Waals surface area contributed by atoms with Gasteiger partial charge in [0, 0.05) is 43.7 Å². The summed E-state index contributed by atoms with van der Waals surface area (Å²) in [6.07, 6.45) is 0. The van der Waals surface area contributed by atoms with Crippen molar-refractivity contribution in [1.29, 1.82) is 5.26 Å². The Morgan fingerprint density at radius 1 is 0.367 bits per heavy atom. The lowest BCUT2D eigenvalue weighted by Crippen LogP contribution is -2.74. The van der Waals surface area contributed by atoms with E-state index >= 15 is 0 Å². The highest BCUT2D eigenvalue weighted by molar-refractivity contribution is 7.19. The number of nitrogens with zero attached hydrogens (tertiary/aromatic N) is 3. The van der Waals surface area contributed by atoms with Crippen molar-refractivity contribution in [2.75, 3.05) is 0 Å². The van der Waals surface area contributed by atoms with Gasteiger partial charge in [-0.3, -0.25) is 0 Å². The normalized spacial score (nSPS) is 12.0. The summed E-state index contributed by atoms with van der Waals surface area (Å²) in [4.78, 5) is 0. The molecule has 5 heteroatoms. The molecule has 12 rings (SSSR count).